The molecule has 5 aromatic heterocycles. The number of rotatable bonds is 0. The van der Waals surface area contributed by atoms with E-state index in [-0.39, 0.29) is 0 Å². The van der Waals surface area contributed by atoms with Crippen molar-refractivity contribution >= 4 is 55.2 Å². The Kier molecular flexibility index (Phi) is 9.24. The Morgan fingerprint density at radius 1 is 0.244 bits per heavy atom. The van der Waals surface area contributed by atoms with Crippen LogP contribution in [-0.4, -0.2) is 49.8 Å². The second kappa shape index (κ2) is 14.6. The number of nitrogens with one attached hydrogen (secondary N) is 5. The maximum absolute atomic E-state index is 4.06. The molecule has 0 amide bonds. The molecule has 0 unspecified atom stereocenters. The van der Waals surface area contributed by atoms with Crippen LogP contribution in [0.2, 0.25) is 0 Å². The van der Waals surface area contributed by atoms with Gasteiger partial charge in [0.25, 0.3) is 0 Å². The Morgan fingerprint density at radius 3 is 0.600 bits per heavy atom. The Morgan fingerprint density at radius 2 is 0.422 bits per heavy atom. The summed E-state index contributed by atoms with van der Waals surface area (Å²) in [6, 6.07) is 39.7. The Balaban J connectivity index is 0.0000000992. The first-order valence-electron chi connectivity index (χ1n) is 14.2. The molecule has 0 aliphatic heterocycles. The molecule has 0 aliphatic carbocycles. The van der Waals surface area contributed by atoms with E-state index in [4.69, 9.17) is 0 Å². The lowest BCUT2D eigenvalue weighted by atomic mass is 10.3. The van der Waals surface area contributed by atoms with Crippen molar-refractivity contribution in [1.82, 2.24) is 49.8 Å². The van der Waals surface area contributed by atoms with E-state index < -0.39 is 0 Å². The second-order valence-corrected chi connectivity index (χ2v) is 9.60. The first-order valence-corrected chi connectivity index (χ1v) is 14.2. The van der Waals surface area contributed by atoms with E-state index in [0.717, 1.165) is 55.2 Å². The normalized spacial score (nSPS) is 10.2. The Hall–Kier alpha value is -6.55. The summed E-state index contributed by atoms with van der Waals surface area (Å²) in [5.74, 6) is 0. The van der Waals surface area contributed by atoms with Gasteiger partial charge in [0.2, 0.25) is 0 Å². The van der Waals surface area contributed by atoms with Crippen molar-refractivity contribution < 1.29 is 0 Å². The molecule has 220 valence electrons. The van der Waals surface area contributed by atoms with E-state index in [0.29, 0.717) is 0 Å². The molecule has 10 heteroatoms. The fourth-order valence-corrected chi connectivity index (χ4v) is 4.40. The predicted molar refractivity (Wildman–Crippen MR) is 180 cm³/mol. The van der Waals surface area contributed by atoms with E-state index in [1.807, 2.05) is 121 Å². The molecule has 10 rings (SSSR count). The van der Waals surface area contributed by atoms with Gasteiger partial charge < -0.3 is 24.9 Å². The minimum Gasteiger partial charge on any atom is -0.345 e. The molecule has 0 saturated heterocycles. The summed E-state index contributed by atoms with van der Waals surface area (Å²) in [5, 5.41) is 0. The number of para-hydroxylation sites is 10. The molecule has 5 N–H and O–H groups in total. The molecule has 5 aromatic carbocycles. The highest BCUT2D eigenvalue weighted by atomic mass is 14.9. The van der Waals surface area contributed by atoms with E-state index in [1.54, 1.807) is 31.6 Å². The zero-order valence-corrected chi connectivity index (χ0v) is 24.2. The molecule has 0 spiro atoms. The molecule has 0 atom stereocenters. The zero-order chi connectivity index (χ0) is 30.5. The largest absolute Gasteiger partial charge is 0.345 e. The molecule has 0 fully saturated rings. The van der Waals surface area contributed by atoms with Crippen LogP contribution in [0.3, 0.4) is 0 Å². The number of imidazole rings is 5. The van der Waals surface area contributed by atoms with Gasteiger partial charge in [-0.25, -0.2) is 24.9 Å². The van der Waals surface area contributed by atoms with Gasteiger partial charge in [0.1, 0.15) is 0 Å². The second-order valence-electron chi connectivity index (χ2n) is 9.60. The van der Waals surface area contributed by atoms with Gasteiger partial charge in [-0.05, 0) is 60.7 Å². The fourth-order valence-electron chi connectivity index (χ4n) is 4.40. The standard InChI is InChI=1S/5C7H6N2/c5*1-2-4-7-6(3-1)8-5-9-7/h5*1-5H,(H,8,9). The van der Waals surface area contributed by atoms with Crippen LogP contribution in [0, 0.1) is 0 Å². The number of aromatic amines is 5. The topological polar surface area (TPSA) is 143 Å². The van der Waals surface area contributed by atoms with E-state index in [9.17, 15) is 0 Å². The van der Waals surface area contributed by atoms with E-state index in [1.165, 1.54) is 0 Å². The van der Waals surface area contributed by atoms with Crippen molar-refractivity contribution in [2.24, 2.45) is 0 Å². The number of hydrogen-bond donors (Lipinski definition) is 5. The highest BCUT2D eigenvalue weighted by Gasteiger charge is 1.91. The van der Waals surface area contributed by atoms with Gasteiger partial charge in [0, 0.05) is 0 Å². The van der Waals surface area contributed by atoms with E-state index >= 15 is 0 Å². The van der Waals surface area contributed by atoms with Crippen LogP contribution in [0.15, 0.2) is 153 Å². The summed E-state index contributed by atoms with van der Waals surface area (Å²) >= 11 is 0. The summed E-state index contributed by atoms with van der Waals surface area (Å²) in [7, 11) is 0. The first kappa shape index (κ1) is 28.6. The van der Waals surface area contributed by atoms with Crippen LogP contribution in [0.1, 0.15) is 0 Å². The summed E-state index contributed by atoms with van der Waals surface area (Å²) < 4.78 is 0. The van der Waals surface area contributed by atoms with Crippen molar-refractivity contribution in [3.63, 3.8) is 0 Å². The van der Waals surface area contributed by atoms with Gasteiger partial charge in [-0.1, -0.05) is 60.7 Å². The fraction of sp³-hybridized carbons (Fsp3) is 0. The van der Waals surface area contributed by atoms with Gasteiger partial charge in [-0.15, -0.1) is 0 Å². The Bertz CT molecular complexity index is 1790. The molecule has 0 bridgehead atoms. The van der Waals surface area contributed by atoms with Crippen LogP contribution in [-0.2, 0) is 0 Å². The minimum absolute atomic E-state index is 1.03. The summed E-state index contributed by atoms with van der Waals surface area (Å²) in [5.41, 5.74) is 10.6. The van der Waals surface area contributed by atoms with Crippen LogP contribution in [0.5, 0.6) is 0 Å². The maximum Gasteiger partial charge on any atom is 0.0931 e. The minimum atomic E-state index is 1.03. The van der Waals surface area contributed by atoms with Gasteiger partial charge in [-0.2, -0.15) is 0 Å². The smallest absolute Gasteiger partial charge is 0.0931 e. The van der Waals surface area contributed by atoms with Gasteiger partial charge in [0.05, 0.1) is 86.8 Å². The van der Waals surface area contributed by atoms with Crippen molar-refractivity contribution in [3.8, 4) is 0 Å². The van der Waals surface area contributed by atoms with Crippen molar-refractivity contribution in [3.05, 3.63) is 153 Å². The third kappa shape index (κ3) is 7.65. The highest BCUT2D eigenvalue weighted by molar-refractivity contribution is 5.76. The number of fused-ring (bicyclic) bond motifs is 5. The molecule has 5 heterocycles. The van der Waals surface area contributed by atoms with Crippen LogP contribution >= 0.6 is 0 Å². The number of H-pyrrole nitrogens is 5. The summed E-state index contributed by atoms with van der Waals surface area (Å²) in [4.78, 5) is 35.4. The SMILES string of the molecule is c1ccc2[nH]cnc2c1.c1ccc2[nH]cnc2c1.c1ccc2[nH]cnc2c1.c1ccc2[nH]cnc2c1.c1ccc2[nH]cnc2c1. The van der Waals surface area contributed by atoms with Crippen molar-refractivity contribution in [1.29, 1.82) is 0 Å². The molecule has 0 aliphatic rings. The van der Waals surface area contributed by atoms with E-state index in [2.05, 4.69) is 49.8 Å². The van der Waals surface area contributed by atoms with Gasteiger partial charge in [0.15, 0.2) is 0 Å². The quantitative estimate of drug-likeness (QED) is 0.122. The molecule has 45 heavy (non-hydrogen) atoms. The van der Waals surface area contributed by atoms with Gasteiger partial charge in [-0.3, -0.25) is 0 Å². The first-order chi connectivity index (χ1) is 22.3. The lowest BCUT2D eigenvalue weighted by Gasteiger charge is -1.81. The number of nitrogens with zero attached hydrogens (tertiary/aromatic N) is 5. The summed E-state index contributed by atoms with van der Waals surface area (Å²) in [6.07, 6.45) is 8.50. The average Bonchev–Trinajstić information content (AvgIpc) is 3.95. The van der Waals surface area contributed by atoms with Gasteiger partial charge >= 0.3 is 0 Å². The van der Waals surface area contributed by atoms with Crippen LogP contribution < -0.4 is 0 Å². The molecule has 0 saturated carbocycles. The van der Waals surface area contributed by atoms with Crippen LogP contribution in [0.25, 0.3) is 55.2 Å². The lowest BCUT2D eigenvalue weighted by molar-refractivity contribution is 1.34. The molecule has 0 radical (unpaired) electrons. The number of benzene rings is 5. The molecular formula is C35H30N10. The highest BCUT2D eigenvalue weighted by Crippen LogP contribution is 2.08. The molecule has 10 aromatic rings. The monoisotopic (exact) mass is 590 g/mol. The van der Waals surface area contributed by atoms with Crippen molar-refractivity contribution in [2.45, 2.75) is 0 Å². The third-order valence-electron chi connectivity index (χ3n) is 6.64. The van der Waals surface area contributed by atoms with Crippen LogP contribution in [0.4, 0.5) is 0 Å². The Labute approximate surface area is 257 Å². The number of aromatic nitrogens is 10. The average molecular weight is 591 g/mol. The lowest BCUT2D eigenvalue weighted by Crippen LogP contribution is -1.63. The summed E-state index contributed by atoms with van der Waals surface area (Å²) in [6.45, 7) is 0. The maximum atomic E-state index is 4.06. The number of hydrogen-bond acceptors (Lipinski definition) is 5. The third-order valence-corrected chi connectivity index (χ3v) is 6.64. The predicted octanol–water partition coefficient (Wildman–Crippen LogP) is 7.81. The molecule has 10 nitrogen and oxygen atoms in total. The zero-order valence-electron chi connectivity index (χ0n) is 24.2. The molecular weight excluding hydrogens is 560 g/mol. The van der Waals surface area contributed by atoms with Crippen molar-refractivity contribution in [2.75, 3.05) is 0 Å².